The summed E-state index contributed by atoms with van der Waals surface area (Å²) in [7, 11) is 0. The van der Waals surface area contributed by atoms with Crippen molar-refractivity contribution < 1.29 is 9.59 Å². The predicted molar refractivity (Wildman–Crippen MR) is 115 cm³/mol. The summed E-state index contributed by atoms with van der Waals surface area (Å²) < 4.78 is 0. The lowest BCUT2D eigenvalue weighted by atomic mass is 10.2. The molecule has 0 aliphatic heterocycles. The maximum Gasteiger partial charge on any atom is 0.257 e. The molecule has 0 saturated heterocycles. The number of thioether (sulfide) groups is 1. The molecule has 1 heterocycles. The first-order valence-electron chi connectivity index (χ1n) is 8.79. The average molecular weight is 413 g/mol. The zero-order valence-corrected chi connectivity index (χ0v) is 17.0. The van der Waals surface area contributed by atoms with E-state index in [9.17, 15) is 9.59 Å². The van der Waals surface area contributed by atoms with Gasteiger partial charge in [-0.25, -0.2) is 0 Å². The van der Waals surface area contributed by atoms with Crippen molar-refractivity contribution in [3.63, 3.8) is 0 Å². The Morgan fingerprint density at radius 3 is 2.61 bits per heavy atom. The molecule has 0 bridgehead atoms. The number of nitrogens with one attached hydrogen (secondary N) is 2. The maximum absolute atomic E-state index is 12.4. The van der Waals surface area contributed by atoms with Crippen LogP contribution in [0.15, 0.2) is 54.6 Å². The molecular weight excluding hydrogens is 392 g/mol. The van der Waals surface area contributed by atoms with E-state index in [1.54, 1.807) is 43.0 Å². The number of benzene rings is 2. The first-order valence-corrected chi connectivity index (χ1v) is 10.8. The van der Waals surface area contributed by atoms with Crippen LogP contribution >= 0.6 is 23.1 Å². The van der Waals surface area contributed by atoms with E-state index in [2.05, 4.69) is 33.0 Å². The largest absolute Gasteiger partial charge is 0.326 e. The van der Waals surface area contributed by atoms with Gasteiger partial charge in [-0.2, -0.15) is 0 Å². The molecule has 0 fully saturated rings. The van der Waals surface area contributed by atoms with Crippen molar-refractivity contribution >= 4 is 45.7 Å². The van der Waals surface area contributed by atoms with Gasteiger partial charge in [0.25, 0.3) is 5.91 Å². The minimum atomic E-state index is -0.285. The van der Waals surface area contributed by atoms with Crippen LogP contribution in [0.3, 0.4) is 0 Å². The third-order valence-corrected chi connectivity index (χ3v) is 5.79. The van der Waals surface area contributed by atoms with Crippen LogP contribution in [0, 0.1) is 0 Å². The van der Waals surface area contributed by atoms with E-state index in [1.807, 2.05) is 18.2 Å². The highest BCUT2D eigenvalue weighted by Gasteiger charge is 2.11. The molecular formula is C20H20N4O2S2. The molecule has 0 saturated carbocycles. The van der Waals surface area contributed by atoms with E-state index in [0.29, 0.717) is 22.8 Å². The van der Waals surface area contributed by atoms with Gasteiger partial charge in [-0.15, -0.1) is 22.0 Å². The van der Waals surface area contributed by atoms with Gasteiger partial charge in [-0.05, 0) is 23.8 Å². The number of amides is 2. The van der Waals surface area contributed by atoms with Crippen molar-refractivity contribution in [1.82, 2.24) is 10.2 Å². The Hall–Kier alpha value is -2.71. The molecule has 0 atom stereocenters. The van der Waals surface area contributed by atoms with Gasteiger partial charge in [-0.1, -0.05) is 54.7 Å². The molecule has 3 rings (SSSR count). The first kappa shape index (κ1) is 20.0. The molecule has 2 amide bonds. The molecule has 2 aromatic carbocycles. The van der Waals surface area contributed by atoms with Gasteiger partial charge in [0.1, 0.15) is 5.01 Å². The predicted octanol–water partition coefficient (Wildman–Crippen LogP) is 4.57. The minimum absolute atomic E-state index is 0.0978. The highest BCUT2D eigenvalue weighted by atomic mass is 32.2. The fraction of sp³-hybridized carbons (Fsp3) is 0.200. The maximum atomic E-state index is 12.4. The van der Waals surface area contributed by atoms with Crippen LogP contribution in [-0.2, 0) is 16.3 Å². The minimum Gasteiger partial charge on any atom is -0.326 e. The number of rotatable bonds is 8. The quantitative estimate of drug-likeness (QED) is 0.566. The van der Waals surface area contributed by atoms with Crippen LogP contribution in [0.1, 0.15) is 34.3 Å². The van der Waals surface area contributed by atoms with Gasteiger partial charge in [0.2, 0.25) is 11.0 Å². The second kappa shape index (κ2) is 10.0. The summed E-state index contributed by atoms with van der Waals surface area (Å²) in [6, 6.07) is 17.0. The van der Waals surface area contributed by atoms with Crippen molar-refractivity contribution in [1.29, 1.82) is 0 Å². The van der Waals surface area contributed by atoms with Gasteiger partial charge in [-0.3, -0.25) is 14.9 Å². The van der Waals surface area contributed by atoms with E-state index in [1.165, 1.54) is 16.9 Å². The summed E-state index contributed by atoms with van der Waals surface area (Å²) in [6.07, 6.45) is 0.381. The van der Waals surface area contributed by atoms with E-state index >= 15 is 0 Å². The summed E-state index contributed by atoms with van der Waals surface area (Å²) >= 11 is 3.12. The Balaban J connectivity index is 1.53. The van der Waals surface area contributed by atoms with Crippen LogP contribution in [0.5, 0.6) is 0 Å². The summed E-state index contributed by atoms with van der Waals surface area (Å²) in [6.45, 7) is 1.77. The van der Waals surface area contributed by atoms with Gasteiger partial charge in [0.15, 0.2) is 0 Å². The molecule has 8 heteroatoms. The number of aromatic nitrogens is 2. The third kappa shape index (κ3) is 5.90. The van der Waals surface area contributed by atoms with Crippen LogP contribution in [-0.4, -0.2) is 22.0 Å². The van der Waals surface area contributed by atoms with E-state index in [-0.39, 0.29) is 11.8 Å². The van der Waals surface area contributed by atoms with Gasteiger partial charge < -0.3 is 5.32 Å². The number of hydrogen-bond acceptors (Lipinski definition) is 6. The van der Waals surface area contributed by atoms with Crippen molar-refractivity contribution in [3.05, 3.63) is 70.7 Å². The first-order chi connectivity index (χ1) is 13.6. The van der Waals surface area contributed by atoms with Gasteiger partial charge in [0.05, 0.1) is 0 Å². The van der Waals surface area contributed by atoms with Crippen LogP contribution < -0.4 is 10.6 Å². The van der Waals surface area contributed by atoms with Crippen molar-refractivity contribution in [2.75, 3.05) is 10.6 Å². The topological polar surface area (TPSA) is 84.0 Å². The molecule has 0 unspecified atom stereocenters. The van der Waals surface area contributed by atoms with E-state index in [4.69, 9.17) is 0 Å². The molecule has 0 aliphatic carbocycles. The fourth-order valence-electron chi connectivity index (χ4n) is 2.35. The second-order valence-corrected chi connectivity index (χ2v) is 7.96. The number of hydrogen-bond donors (Lipinski definition) is 2. The van der Waals surface area contributed by atoms with Gasteiger partial charge >= 0.3 is 0 Å². The number of carbonyl (C=O) groups excluding carboxylic acids is 2. The highest BCUT2D eigenvalue weighted by molar-refractivity contribution is 7.97. The zero-order chi connectivity index (χ0) is 19.8. The second-order valence-electron chi connectivity index (χ2n) is 5.92. The van der Waals surface area contributed by atoms with Crippen molar-refractivity contribution in [2.24, 2.45) is 0 Å². The Bertz CT molecular complexity index is 944. The Morgan fingerprint density at radius 1 is 1.00 bits per heavy atom. The molecule has 0 radical (unpaired) electrons. The normalized spacial score (nSPS) is 10.5. The van der Waals surface area contributed by atoms with E-state index in [0.717, 1.165) is 16.5 Å². The average Bonchev–Trinajstić information content (AvgIpc) is 3.16. The van der Waals surface area contributed by atoms with Crippen LogP contribution in [0.2, 0.25) is 0 Å². The lowest BCUT2D eigenvalue weighted by Gasteiger charge is -2.06. The highest BCUT2D eigenvalue weighted by Crippen LogP contribution is 2.23. The summed E-state index contributed by atoms with van der Waals surface area (Å²) in [4.78, 5) is 23.9. The molecule has 1 aromatic heterocycles. The number of anilines is 2. The molecule has 6 nitrogen and oxygen atoms in total. The molecule has 28 heavy (non-hydrogen) atoms. The lowest BCUT2D eigenvalue weighted by Crippen LogP contribution is -2.13. The Morgan fingerprint density at radius 2 is 1.82 bits per heavy atom. The molecule has 2 N–H and O–H groups in total. The smallest absolute Gasteiger partial charge is 0.257 e. The third-order valence-electron chi connectivity index (χ3n) is 3.75. The SMILES string of the molecule is CCC(=O)Nc1cccc(C(=O)Nc2nnc(CSCc3ccccc3)s2)c1. The lowest BCUT2D eigenvalue weighted by molar-refractivity contribution is -0.115. The van der Waals surface area contributed by atoms with Crippen molar-refractivity contribution in [2.45, 2.75) is 24.9 Å². The zero-order valence-electron chi connectivity index (χ0n) is 15.3. The summed E-state index contributed by atoms with van der Waals surface area (Å²) in [5.41, 5.74) is 2.31. The van der Waals surface area contributed by atoms with Crippen molar-refractivity contribution in [3.8, 4) is 0 Å². The molecule has 144 valence electrons. The number of nitrogens with zero attached hydrogens (tertiary/aromatic N) is 2. The monoisotopic (exact) mass is 412 g/mol. The Kier molecular flexibility index (Phi) is 7.16. The standard InChI is InChI=1S/C20H20N4O2S2/c1-2-17(25)21-16-10-6-9-15(11-16)19(26)22-20-24-23-18(28-20)13-27-12-14-7-4-3-5-8-14/h3-11H,2,12-13H2,1H3,(H,21,25)(H,22,24,26). The van der Waals surface area contributed by atoms with Gasteiger partial charge in [0, 0.05) is 29.2 Å². The Labute approximate surface area is 171 Å². The summed E-state index contributed by atoms with van der Waals surface area (Å²) in [5, 5.41) is 15.0. The van der Waals surface area contributed by atoms with Crippen LogP contribution in [0.25, 0.3) is 0 Å². The fourth-order valence-corrected chi connectivity index (χ4v) is 4.13. The molecule has 0 aliphatic rings. The molecule has 3 aromatic rings. The summed E-state index contributed by atoms with van der Waals surface area (Å²) in [5.74, 6) is 1.26. The van der Waals surface area contributed by atoms with Crippen LogP contribution in [0.4, 0.5) is 10.8 Å². The molecule has 0 spiro atoms. The van der Waals surface area contributed by atoms with E-state index < -0.39 is 0 Å². The number of carbonyl (C=O) groups is 2.